The van der Waals surface area contributed by atoms with Crippen LogP contribution in [0.2, 0.25) is 10.2 Å². The lowest BCUT2D eigenvalue weighted by Crippen LogP contribution is -2.03. The standard InChI is InChI=1S/C21H17Cl2N3/c1-13-10-18-19(11-14(13)2)26(12-15-6-3-4-8-17(15)22)21(25-18)16-7-5-9-24-20(16)23/h3-11H,12H2,1-2H3. The molecule has 2 aromatic carbocycles. The van der Waals surface area contributed by atoms with Crippen LogP contribution in [0.5, 0.6) is 0 Å². The number of benzene rings is 2. The number of rotatable bonds is 3. The highest BCUT2D eigenvalue weighted by Gasteiger charge is 2.17. The van der Waals surface area contributed by atoms with Crippen LogP contribution in [0.25, 0.3) is 22.4 Å². The molecule has 0 N–H and O–H groups in total. The van der Waals surface area contributed by atoms with Gasteiger partial charge in [0, 0.05) is 11.2 Å². The Balaban J connectivity index is 1.99. The lowest BCUT2D eigenvalue weighted by Gasteiger charge is -2.12. The molecule has 0 atom stereocenters. The molecule has 0 aliphatic heterocycles. The normalized spacial score (nSPS) is 11.2. The number of halogens is 2. The van der Waals surface area contributed by atoms with Crippen molar-refractivity contribution in [2.75, 3.05) is 0 Å². The molecule has 0 saturated carbocycles. The monoisotopic (exact) mass is 381 g/mol. The number of aromatic nitrogens is 3. The van der Waals surface area contributed by atoms with E-state index in [0.717, 1.165) is 33.0 Å². The van der Waals surface area contributed by atoms with Gasteiger partial charge in [-0.05, 0) is 60.9 Å². The average molecular weight is 382 g/mol. The van der Waals surface area contributed by atoms with E-state index in [0.29, 0.717) is 11.7 Å². The van der Waals surface area contributed by atoms with E-state index in [1.54, 1.807) is 6.20 Å². The Morgan fingerprint density at radius 3 is 2.50 bits per heavy atom. The smallest absolute Gasteiger partial charge is 0.144 e. The summed E-state index contributed by atoms with van der Waals surface area (Å²) < 4.78 is 2.16. The molecule has 0 aliphatic carbocycles. The van der Waals surface area contributed by atoms with Gasteiger partial charge in [-0.15, -0.1) is 0 Å². The predicted molar refractivity (Wildman–Crippen MR) is 108 cm³/mol. The Hall–Kier alpha value is -2.36. The summed E-state index contributed by atoms with van der Waals surface area (Å²) in [6.07, 6.45) is 1.68. The van der Waals surface area contributed by atoms with Crippen LogP contribution < -0.4 is 0 Å². The minimum atomic E-state index is 0.441. The second-order valence-electron chi connectivity index (χ2n) is 6.38. The largest absolute Gasteiger partial charge is 0.319 e. The van der Waals surface area contributed by atoms with Gasteiger partial charge >= 0.3 is 0 Å². The molecule has 5 heteroatoms. The topological polar surface area (TPSA) is 30.7 Å². The summed E-state index contributed by atoms with van der Waals surface area (Å²) in [5, 5.41) is 1.18. The summed E-state index contributed by atoms with van der Waals surface area (Å²) in [4.78, 5) is 9.08. The van der Waals surface area contributed by atoms with Crippen LogP contribution in [0.4, 0.5) is 0 Å². The van der Waals surface area contributed by atoms with E-state index in [1.165, 1.54) is 11.1 Å². The SMILES string of the molecule is Cc1cc2nc(-c3cccnc3Cl)n(Cc3ccccc3Cl)c2cc1C. The Bertz CT molecular complexity index is 1120. The number of fused-ring (bicyclic) bond motifs is 1. The highest BCUT2D eigenvalue weighted by molar-refractivity contribution is 6.32. The van der Waals surface area contributed by atoms with Crippen LogP contribution >= 0.6 is 23.2 Å². The fourth-order valence-electron chi connectivity index (χ4n) is 3.10. The first-order valence-electron chi connectivity index (χ1n) is 8.36. The molecule has 4 aromatic rings. The Kier molecular flexibility index (Phi) is 4.43. The van der Waals surface area contributed by atoms with E-state index >= 15 is 0 Å². The van der Waals surface area contributed by atoms with Gasteiger partial charge < -0.3 is 4.57 Å². The molecule has 0 radical (unpaired) electrons. The zero-order chi connectivity index (χ0) is 18.3. The van der Waals surface area contributed by atoms with E-state index in [9.17, 15) is 0 Å². The van der Waals surface area contributed by atoms with E-state index in [-0.39, 0.29) is 0 Å². The molecule has 0 unspecified atom stereocenters. The highest BCUT2D eigenvalue weighted by atomic mass is 35.5. The van der Waals surface area contributed by atoms with Crippen LogP contribution in [0, 0.1) is 13.8 Å². The maximum atomic E-state index is 6.41. The van der Waals surface area contributed by atoms with E-state index in [4.69, 9.17) is 28.2 Å². The van der Waals surface area contributed by atoms with Gasteiger partial charge in [0.2, 0.25) is 0 Å². The molecular weight excluding hydrogens is 365 g/mol. The first kappa shape index (κ1) is 17.1. The zero-order valence-corrected chi connectivity index (χ0v) is 16.0. The predicted octanol–water partition coefficient (Wildman–Crippen LogP) is 6.07. The summed E-state index contributed by atoms with van der Waals surface area (Å²) in [5.74, 6) is 0.794. The van der Waals surface area contributed by atoms with Gasteiger partial charge in [0.05, 0.1) is 23.1 Å². The second-order valence-corrected chi connectivity index (χ2v) is 7.15. The minimum absolute atomic E-state index is 0.441. The van der Waals surface area contributed by atoms with Crippen LogP contribution in [0.1, 0.15) is 16.7 Å². The van der Waals surface area contributed by atoms with Gasteiger partial charge in [-0.3, -0.25) is 0 Å². The average Bonchev–Trinajstić information content (AvgIpc) is 2.95. The summed E-state index contributed by atoms with van der Waals surface area (Å²) in [6.45, 7) is 4.82. The van der Waals surface area contributed by atoms with Crippen molar-refractivity contribution in [2.45, 2.75) is 20.4 Å². The van der Waals surface area contributed by atoms with Gasteiger partial charge in [-0.1, -0.05) is 41.4 Å². The number of imidazole rings is 1. The Morgan fingerprint density at radius 1 is 0.962 bits per heavy atom. The van der Waals surface area contributed by atoms with Crippen LogP contribution in [-0.2, 0) is 6.54 Å². The molecule has 0 spiro atoms. The molecule has 2 heterocycles. The first-order chi connectivity index (χ1) is 12.5. The van der Waals surface area contributed by atoms with Crippen molar-refractivity contribution in [2.24, 2.45) is 0 Å². The molecule has 3 nitrogen and oxygen atoms in total. The molecule has 0 saturated heterocycles. The summed E-state index contributed by atoms with van der Waals surface area (Å²) in [6, 6.07) is 16.0. The molecule has 26 heavy (non-hydrogen) atoms. The fraction of sp³-hybridized carbons (Fsp3) is 0.143. The zero-order valence-electron chi connectivity index (χ0n) is 14.5. The third kappa shape index (κ3) is 2.98. The summed E-state index contributed by atoms with van der Waals surface area (Å²) >= 11 is 12.8. The number of hydrogen-bond donors (Lipinski definition) is 0. The van der Waals surface area contributed by atoms with Crippen molar-refractivity contribution in [3.05, 3.63) is 81.6 Å². The highest BCUT2D eigenvalue weighted by Crippen LogP contribution is 2.31. The number of nitrogens with zero attached hydrogens (tertiary/aromatic N) is 3. The molecule has 0 aliphatic rings. The van der Waals surface area contributed by atoms with Gasteiger partial charge in [0.15, 0.2) is 0 Å². The maximum absolute atomic E-state index is 6.41. The maximum Gasteiger partial charge on any atom is 0.144 e. The van der Waals surface area contributed by atoms with E-state index in [2.05, 4.69) is 35.5 Å². The quantitative estimate of drug-likeness (QED) is 0.403. The van der Waals surface area contributed by atoms with Crippen LogP contribution in [0.3, 0.4) is 0 Å². The van der Waals surface area contributed by atoms with Gasteiger partial charge in [0.25, 0.3) is 0 Å². The molecule has 2 aromatic heterocycles. The van der Waals surface area contributed by atoms with Crippen LogP contribution in [0.15, 0.2) is 54.7 Å². The number of pyridine rings is 1. The van der Waals surface area contributed by atoms with Crippen molar-refractivity contribution in [3.8, 4) is 11.4 Å². The lowest BCUT2D eigenvalue weighted by molar-refractivity contribution is 0.833. The summed E-state index contributed by atoms with van der Waals surface area (Å²) in [7, 11) is 0. The van der Waals surface area contributed by atoms with E-state index < -0.39 is 0 Å². The van der Waals surface area contributed by atoms with Crippen molar-refractivity contribution >= 4 is 34.2 Å². The molecule has 0 bridgehead atoms. The molecule has 0 amide bonds. The molecule has 130 valence electrons. The summed E-state index contributed by atoms with van der Waals surface area (Å²) in [5.41, 5.74) is 6.28. The third-order valence-electron chi connectivity index (χ3n) is 4.65. The van der Waals surface area contributed by atoms with Crippen molar-refractivity contribution in [3.63, 3.8) is 0 Å². The van der Waals surface area contributed by atoms with Crippen molar-refractivity contribution in [1.82, 2.24) is 14.5 Å². The Labute approximate surface area is 162 Å². The Morgan fingerprint density at radius 2 is 1.73 bits per heavy atom. The minimum Gasteiger partial charge on any atom is -0.319 e. The lowest BCUT2D eigenvalue weighted by atomic mass is 10.1. The number of aryl methyl sites for hydroxylation is 2. The second kappa shape index (κ2) is 6.75. The fourth-order valence-corrected chi connectivity index (χ4v) is 3.49. The van der Waals surface area contributed by atoms with Crippen LogP contribution in [-0.4, -0.2) is 14.5 Å². The van der Waals surface area contributed by atoms with Gasteiger partial charge in [0.1, 0.15) is 11.0 Å². The van der Waals surface area contributed by atoms with Crippen molar-refractivity contribution < 1.29 is 0 Å². The van der Waals surface area contributed by atoms with Gasteiger partial charge in [-0.25, -0.2) is 9.97 Å². The van der Waals surface area contributed by atoms with E-state index in [1.807, 2.05) is 36.4 Å². The number of hydrogen-bond acceptors (Lipinski definition) is 2. The molecular formula is C21H17Cl2N3. The van der Waals surface area contributed by atoms with Crippen molar-refractivity contribution in [1.29, 1.82) is 0 Å². The molecule has 0 fully saturated rings. The van der Waals surface area contributed by atoms with Gasteiger partial charge in [-0.2, -0.15) is 0 Å². The molecule has 4 rings (SSSR count). The third-order valence-corrected chi connectivity index (χ3v) is 5.32. The first-order valence-corrected chi connectivity index (χ1v) is 9.12.